The van der Waals surface area contributed by atoms with Crippen LogP contribution in [0.4, 0.5) is 0 Å². The van der Waals surface area contributed by atoms with Gasteiger partial charge in [0.25, 0.3) is 0 Å². The van der Waals surface area contributed by atoms with Gasteiger partial charge in [-0.25, -0.2) is 0 Å². The maximum Gasteiger partial charge on any atom is 0.187 e. The number of hydrogen-bond donors (Lipinski definition) is 11. The summed E-state index contributed by atoms with van der Waals surface area (Å²) >= 11 is 0. The molecule has 0 amide bonds. The summed E-state index contributed by atoms with van der Waals surface area (Å²) in [5.41, 5.74) is 0. The highest BCUT2D eigenvalue weighted by Gasteiger charge is 2.53. The fraction of sp³-hybridized carbons (Fsp3) is 1.00. The van der Waals surface area contributed by atoms with E-state index >= 15 is 0 Å². The van der Waals surface area contributed by atoms with Crippen molar-refractivity contribution in [1.82, 2.24) is 0 Å². The third kappa shape index (κ3) is 6.91. The van der Waals surface area contributed by atoms with Crippen LogP contribution < -0.4 is 0 Å². The molecule has 4 aliphatic heterocycles. The summed E-state index contributed by atoms with van der Waals surface area (Å²) in [5, 5.41) is 112. The molecule has 18 heteroatoms. The van der Waals surface area contributed by atoms with Gasteiger partial charge < -0.3 is 89.3 Å². The third-order valence-corrected chi connectivity index (χ3v) is 8.02. The summed E-state index contributed by atoms with van der Waals surface area (Å²) in [6.07, 6.45) is -26.8. The Bertz CT molecular complexity index is 837. The van der Waals surface area contributed by atoms with Crippen molar-refractivity contribution in [3.8, 4) is 0 Å². The van der Waals surface area contributed by atoms with Gasteiger partial charge in [-0.2, -0.15) is 0 Å². The van der Waals surface area contributed by atoms with Crippen molar-refractivity contribution >= 4 is 0 Å². The molecule has 0 aliphatic carbocycles. The van der Waals surface area contributed by atoms with Crippen molar-refractivity contribution in [1.29, 1.82) is 0 Å². The summed E-state index contributed by atoms with van der Waals surface area (Å²) in [5.74, 6) is 0. The Morgan fingerprint density at radius 2 is 1.02 bits per heavy atom. The standard InChI is InChI=1S/C24H42O18/c1-7-12(28)15(31)17(33)22(37-7)41-20-8(2-3-36-11(20)6-27)38-24-19(35)21(14(30)10(5-26)40-24)42-23-18(34)16(32)13(29)9(4-25)39-23/h7-35H,2-6H2,1H3/t7-,8+,9+,10+,11+,12+,13-,14-,15+,16-,17-,18+,19+,20-,21-,22-,23+,24+/m0/s1. The summed E-state index contributed by atoms with van der Waals surface area (Å²) in [4.78, 5) is 0. The van der Waals surface area contributed by atoms with Gasteiger partial charge in [-0.3, -0.25) is 0 Å². The molecule has 11 N–H and O–H groups in total. The minimum atomic E-state index is -1.85. The van der Waals surface area contributed by atoms with E-state index in [2.05, 4.69) is 0 Å². The third-order valence-electron chi connectivity index (χ3n) is 8.02. The van der Waals surface area contributed by atoms with E-state index in [4.69, 9.17) is 33.2 Å². The van der Waals surface area contributed by atoms with Crippen molar-refractivity contribution in [2.45, 2.75) is 124 Å². The van der Waals surface area contributed by atoms with Crippen LogP contribution in [0.3, 0.4) is 0 Å². The fourth-order valence-electron chi connectivity index (χ4n) is 5.43. The summed E-state index contributed by atoms with van der Waals surface area (Å²) in [7, 11) is 0. The van der Waals surface area contributed by atoms with Gasteiger partial charge in [-0.1, -0.05) is 0 Å². The van der Waals surface area contributed by atoms with E-state index in [0.717, 1.165) is 0 Å². The topological polar surface area (TPSA) is 287 Å². The molecular formula is C24H42O18. The number of aliphatic hydroxyl groups is 11. The first-order valence-corrected chi connectivity index (χ1v) is 13.7. The molecule has 4 rings (SSSR count). The first-order valence-electron chi connectivity index (χ1n) is 13.7. The second-order valence-corrected chi connectivity index (χ2v) is 10.8. The first-order chi connectivity index (χ1) is 19.9. The smallest absolute Gasteiger partial charge is 0.187 e. The molecular weight excluding hydrogens is 576 g/mol. The molecule has 42 heavy (non-hydrogen) atoms. The van der Waals surface area contributed by atoms with E-state index in [1.54, 1.807) is 0 Å². The summed E-state index contributed by atoms with van der Waals surface area (Å²) in [6.45, 7) is -0.577. The average molecular weight is 619 g/mol. The Morgan fingerprint density at radius 1 is 0.524 bits per heavy atom. The van der Waals surface area contributed by atoms with Gasteiger partial charge in [0, 0.05) is 6.61 Å². The van der Waals surface area contributed by atoms with Crippen molar-refractivity contribution in [3.05, 3.63) is 0 Å². The quantitative estimate of drug-likeness (QED) is 0.114. The Labute approximate surface area is 240 Å². The predicted octanol–water partition coefficient (Wildman–Crippen LogP) is -7.01. The first kappa shape index (κ1) is 34.2. The second-order valence-electron chi connectivity index (χ2n) is 10.8. The minimum absolute atomic E-state index is 0.0568. The minimum Gasteiger partial charge on any atom is -0.394 e. The number of rotatable bonds is 9. The van der Waals surface area contributed by atoms with Crippen molar-refractivity contribution in [2.75, 3.05) is 26.4 Å². The van der Waals surface area contributed by atoms with Gasteiger partial charge in [0.15, 0.2) is 18.9 Å². The molecule has 4 fully saturated rings. The van der Waals surface area contributed by atoms with Crippen molar-refractivity contribution in [2.24, 2.45) is 0 Å². The molecule has 0 bridgehead atoms. The van der Waals surface area contributed by atoms with E-state index in [1.807, 2.05) is 0 Å². The van der Waals surface area contributed by atoms with Crippen molar-refractivity contribution in [3.63, 3.8) is 0 Å². The molecule has 4 heterocycles. The van der Waals surface area contributed by atoms with Gasteiger partial charge in [0.05, 0.1) is 32.0 Å². The SMILES string of the molecule is C[C@@H]1O[C@@H](O[C@@H]2[C@@H](CO)OCC[C@H]2O[C@@H]2O[C@H](CO)[C@H](O)[C@H](O[C@H]3O[C@H](CO)[C@H](O)[C@H](O)[C@H]3O)[C@H]2O)[C@@H](O)[C@H](O)[C@@H]1O. The van der Waals surface area contributed by atoms with Crippen LogP contribution in [0, 0.1) is 0 Å². The van der Waals surface area contributed by atoms with Crippen LogP contribution in [0.2, 0.25) is 0 Å². The van der Waals surface area contributed by atoms with Crippen LogP contribution in [0.5, 0.6) is 0 Å². The van der Waals surface area contributed by atoms with E-state index in [0.29, 0.717) is 0 Å². The monoisotopic (exact) mass is 618 g/mol. The lowest BCUT2D eigenvalue weighted by Crippen LogP contribution is -2.65. The zero-order valence-corrected chi connectivity index (χ0v) is 22.7. The summed E-state index contributed by atoms with van der Waals surface area (Å²) in [6, 6.07) is 0. The Balaban J connectivity index is 1.51. The molecule has 0 aromatic carbocycles. The maximum absolute atomic E-state index is 11.1. The highest BCUT2D eigenvalue weighted by atomic mass is 16.8. The number of ether oxygens (including phenoxy) is 7. The highest BCUT2D eigenvalue weighted by molar-refractivity contribution is 4.96. The van der Waals surface area contributed by atoms with Crippen molar-refractivity contribution < 1.29 is 89.3 Å². The molecule has 4 saturated heterocycles. The normalized spacial score (nSPS) is 52.3. The molecule has 0 radical (unpaired) electrons. The molecule has 246 valence electrons. The van der Waals surface area contributed by atoms with Gasteiger partial charge in [-0.05, 0) is 13.3 Å². The molecule has 18 nitrogen and oxygen atoms in total. The van der Waals surface area contributed by atoms with Crippen LogP contribution in [0.15, 0.2) is 0 Å². The number of aliphatic hydroxyl groups excluding tert-OH is 11. The van der Waals surface area contributed by atoms with Gasteiger partial charge in [-0.15, -0.1) is 0 Å². The van der Waals surface area contributed by atoms with Gasteiger partial charge in [0.1, 0.15) is 79.4 Å². The molecule has 0 saturated carbocycles. The zero-order chi connectivity index (χ0) is 30.9. The van der Waals surface area contributed by atoms with Crippen LogP contribution in [0.25, 0.3) is 0 Å². The average Bonchev–Trinajstić information content (AvgIpc) is 2.98. The van der Waals surface area contributed by atoms with Crippen LogP contribution in [0.1, 0.15) is 13.3 Å². The predicted molar refractivity (Wildman–Crippen MR) is 130 cm³/mol. The van der Waals surface area contributed by atoms with E-state index in [-0.39, 0.29) is 13.0 Å². The van der Waals surface area contributed by atoms with E-state index < -0.39 is 130 Å². The van der Waals surface area contributed by atoms with Gasteiger partial charge in [0.2, 0.25) is 0 Å². The van der Waals surface area contributed by atoms with Crippen LogP contribution >= 0.6 is 0 Å². The lowest BCUT2D eigenvalue weighted by molar-refractivity contribution is -0.375. The largest absolute Gasteiger partial charge is 0.394 e. The highest BCUT2D eigenvalue weighted by Crippen LogP contribution is 2.33. The molecule has 4 aliphatic rings. The number of hydrogen-bond acceptors (Lipinski definition) is 18. The second kappa shape index (κ2) is 14.6. The van der Waals surface area contributed by atoms with E-state index in [1.165, 1.54) is 6.92 Å². The van der Waals surface area contributed by atoms with E-state index in [9.17, 15) is 56.2 Å². The Morgan fingerprint density at radius 3 is 1.62 bits per heavy atom. The fourth-order valence-corrected chi connectivity index (χ4v) is 5.43. The maximum atomic E-state index is 11.1. The molecule has 0 aromatic rings. The zero-order valence-electron chi connectivity index (χ0n) is 22.7. The Kier molecular flexibility index (Phi) is 11.9. The molecule has 0 unspecified atom stereocenters. The Hall–Kier alpha value is -0.720. The van der Waals surface area contributed by atoms with Gasteiger partial charge >= 0.3 is 0 Å². The molecule has 0 spiro atoms. The summed E-state index contributed by atoms with van der Waals surface area (Å²) < 4.78 is 39.3. The van der Waals surface area contributed by atoms with Crippen LogP contribution in [-0.4, -0.2) is 193 Å². The molecule has 18 atom stereocenters. The lowest BCUT2D eigenvalue weighted by atomic mass is 9.96. The lowest BCUT2D eigenvalue weighted by Gasteiger charge is -2.48. The van der Waals surface area contributed by atoms with Crippen LogP contribution in [-0.2, 0) is 33.2 Å². The molecule has 0 aromatic heterocycles.